The number of nitrogens with zero attached hydrogens (tertiary/aromatic N) is 1. The molecule has 2 heterocycles. The number of allylic oxidation sites excluding steroid dienone is 1. The first-order chi connectivity index (χ1) is 17.1. The zero-order chi connectivity index (χ0) is 24.8. The highest BCUT2D eigenvalue weighted by atomic mass is 19.1. The minimum Gasteiger partial charge on any atom is -0.508 e. The summed E-state index contributed by atoms with van der Waals surface area (Å²) < 4.78 is 24.9. The Bertz CT molecular complexity index is 1140. The summed E-state index contributed by atoms with van der Waals surface area (Å²) in [6.45, 7) is 8.91. The molecule has 1 N–H and O–H groups in total. The first-order valence-corrected chi connectivity index (χ1v) is 12.4. The zero-order valence-electron chi connectivity index (χ0n) is 20.7. The number of hydrogen-bond acceptors (Lipinski definition) is 4. The molecule has 1 saturated heterocycles. The maximum Gasteiger partial charge on any atom is 0.150 e. The van der Waals surface area contributed by atoms with Crippen molar-refractivity contribution in [3.63, 3.8) is 0 Å². The monoisotopic (exact) mass is 475 g/mol. The molecule has 184 valence electrons. The number of fused-ring (bicyclic) bond motifs is 1. The zero-order valence-corrected chi connectivity index (χ0v) is 20.7. The van der Waals surface area contributed by atoms with Crippen LogP contribution < -0.4 is 9.47 Å². The average molecular weight is 476 g/mol. The molecule has 2 aliphatic heterocycles. The lowest BCUT2D eigenvalue weighted by Crippen LogP contribution is -2.49. The fourth-order valence-corrected chi connectivity index (χ4v) is 4.65. The lowest BCUT2D eigenvalue weighted by molar-refractivity contribution is 0.0668. The quantitative estimate of drug-likeness (QED) is 0.410. The van der Waals surface area contributed by atoms with Gasteiger partial charge in [-0.1, -0.05) is 56.3 Å². The predicted molar refractivity (Wildman–Crippen MR) is 140 cm³/mol. The van der Waals surface area contributed by atoms with Crippen molar-refractivity contribution in [1.82, 2.24) is 4.90 Å². The Morgan fingerprint density at radius 1 is 1.00 bits per heavy atom. The molecule has 0 radical (unpaired) electrons. The number of phenols is 1. The lowest BCUT2D eigenvalue weighted by atomic mass is 9.86. The SMILES string of the molecule is CC.CC1=C(c2ccccc2)[C@H](c2ccc(OCCN3CC(CF)C3)cc2)Oc2cc(O)ccc21. The third kappa shape index (κ3) is 5.51. The summed E-state index contributed by atoms with van der Waals surface area (Å²) in [4.78, 5) is 2.21. The van der Waals surface area contributed by atoms with Crippen molar-refractivity contribution in [1.29, 1.82) is 0 Å². The van der Waals surface area contributed by atoms with E-state index in [2.05, 4.69) is 24.0 Å². The van der Waals surface area contributed by atoms with Crippen molar-refractivity contribution in [3.05, 3.63) is 89.5 Å². The van der Waals surface area contributed by atoms with Crippen LogP contribution in [-0.2, 0) is 0 Å². The summed E-state index contributed by atoms with van der Waals surface area (Å²) >= 11 is 0. The highest BCUT2D eigenvalue weighted by molar-refractivity contribution is 5.95. The molecule has 0 spiro atoms. The molecule has 1 atom stereocenters. The van der Waals surface area contributed by atoms with Gasteiger partial charge in [-0.15, -0.1) is 0 Å². The smallest absolute Gasteiger partial charge is 0.150 e. The van der Waals surface area contributed by atoms with Gasteiger partial charge in [-0.25, -0.2) is 0 Å². The molecule has 0 aromatic heterocycles. The minimum atomic E-state index is -0.297. The van der Waals surface area contributed by atoms with Crippen LogP contribution in [0, 0.1) is 5.92 Å². The largest absolute Gasteiger partial charge is 0.508 e. The number of benzene rings is 3. The van der Waals surface area contributed by atoms with Gasteiger partial charge in [-0.05, 0) is 47.9 Å². The number of aromatic hydroxyl groups is 1. The molecule has 0 amide bonds. The molecule has 3 aromatic rings. The molecule has 4 nitrogen and oxygen atoms in total. The van der Waals surface area contributed by atoms with Crippen molar-refractivity contribution in [2.75, 3.05) is 32.9 Å². The average Bonchev–Trinajstić information content (AvgIpc) is 2.87. The standard InChI is InChI=1S/C28H28FNO3.C2H6/c1-19-25-12-9-23(31)15-26(25)33-28(27(19)21-5-3-2-4-6-21)22-7-10-24(11-8-22)32-14-13-30-17-20(16-29)18-30;1-2/h2-12,15,20,28,31H,13-14,16-18H2,1H3;1-2H3/t28-;/m0./s1. The van der Waals surface area contributed by atoms with Gasteiger partial charge in [-0.2, -0.15) is 0 Å². The van der Waals surface area contributed by atoms with Crippen LogP contribution >= 0.6 is 0 Å². The van der Waals surface area contributed by atoms with Gasteiger partial charge in [-0.3, -0.25) is 9.29 Å². The molecular weight excluding hydrogens is 441 g/mol. The van der Waals surface area contributed by atoms with Gasteiger partial charge in [0.25, 0.3) is 0 Å². The number of hydrogen-bond donors (Lipinski definition) is 1. The number of likely N-dealkylation sites (tertiary alicyclic amines) is 1. The molecule has 0 saturated carbocycles. The van der Waals surface area contributed by atoms with E-state index in [1.165, 1.54) is 0 Å². The van der Waals surface area contributed by atoms with E-state index < -0.39 is 0 Å². The van der Waals surface area contributed by atoms with Crippen molar-refractivity contribution < 1.29 is 19.0 Å². The van der Waals surface area contributed by atoms with E-state index >= 15 is 0 Å². The van der Waals surface area contributed by atoms with Crippen LogP contribution in [0.2, 0.25) is 0 Å². The number of alkyl halides is 1. The number of phenolic OH excluding ortho intramolecular Hbond substituents is 1. The van der Waals surface area contributed by atoms with E-state index in [0.29, 0.717) is 12.4 Å². The second kappa shape index (κ2) is 11.4. The van der Waals surface area contributed by atoms with Crippen molar-refractivity contribution >= 4 is 11.1 Å². The van der Waals surface area contributed by atoms with Gasteiger partial charge in [0, 0.05) is 42.8 Å². The van der Waals surface area contributed by atoms with Crippen LogP contribution in [0.3, 0.4) is 0 Å². The van der Waals surface area contributed by atoms with E-state index in [4.69, 9.17) is 9.47 Å². The fraction of sp³-hybridized carbons (Fsp3) is 0.333. The van der Waals surface area contributed by atoms with Gasteiger partial charge in [0.15, 0.2) is 0 Å². The first kappa shape index (κ1) is 24.8. The van der Waals surface area contributed by atoms with Crippen LogP contribution in [0.25, 0.3) is 11.1 Å². The Labute approximate surface area is 207 Å². The summed E-state index contributed by atoms with van der Waals surface area (Å²) in [5.74, 6) is 1.87. The molecule has 5 rings (SSSR count). The first-order valence-electron chi connectivity index (χ1n) is 12.4. The second-order valence-corrected chi connectivity index (χ2v) is 8.78. The Balaban J connectivity index is 0.00000141. The minimum absolute atomic E-state index is 0.187. The van der Waals surface area contributed by atoms with E-state index in [0.717, 1.165) is 53.2 Å². The normalized spacial score (nSPS) is 17.5. The number of halogens is 1. The Morgan fingerprint density at radius 3 is 2.40 bits per heavy atom. The molecular formula is C30H34FNO3. The second-order valence-electron chi connectivity index (χ2n) is 8.78. The number of rotatable bonds is 7. The Morgan fingerprint density at radius 2 is 1.71 bits per heavy atom. The molecule has 35 heavy (non-hydrogen) atoms. The van der Waals surface area contributed by atoms with E-state index in [1.54, 1.807) is 12.1 Å². The third-order valence-electron chi connectivity index (χ3n) is 6.48. The maximum absolute atomic E-state index is 12.6. The number of ether oxygens (including phenoxy) is 2. The highest BCUT2D eigenvalue weighted by Gasteiger charge is 2.29. The maximum atomic E-state index is 12.6. The summed E-state index contributed by atoms with van der Waals surface area (Å²) in [5, 5.41) is 9.99. The summed E-state index contributed by atoms with van der Waals surface area (Å²) in [5.41, 5.74) is 5.36. The van der Waals surface area contributed by atoms with E-state index in [9.17, 15) is 9.50 Å². The van der Waals surface area contributed by atoms with Crippen molar-refractivity contribution in [2.24, 2.45) is 5.92 Å². The lowest BCUT2D eigenvalue weighted by Gasteiger charge is -2.37. The predicted octanol–water partition coefficient (Wildman–Crippen LogP) is 6.76. The van der Waals surface area contributed by atoms with Crippen LogP contribution in [0.5, 0.6) is 17.2 Å². The molecule has 0 unspecified atom stereocenters. The molecule has 2 aliphatic rings. The fourth-order valence-electron chi connectivity index (χ4n) is 4.65. The van der Waals surface area contributed by atoms with Crippen LogP contribution in [0.1, 0.15) is 43.6 Å². The summed E-state index contributed by atoms with van der Waals surface area (Å²) in [6, 6.07) is 23.5. The van der Waals surface area contributed by atoms with Crippen LogP contribution in [0.15, 0.2) is 72.8 Å². The molecule has 3 aromatic carbocycles. The van der Waals surface area contributed by atoms with Crippen LogP contribution in [0.4, 0.5) is 4.39 Å². The topological polar surface area (TPSA) is 41.9 Å². The third-order valence-corrected chi connectivity index (χ3v) is 6.48. The summed E-state index contributed by atoms with van der Waals surface area (Å²) in [7, 11) is 0. The molecule has 0 aliphatic carbocycles. The van der Waals surface area contributed by atoms with Crippen molar-refractivity contribution in [2.45, 2.75) is 26.9 Å². The van der Waals surface area contributed by atoms with Crippen LogP contribution in [-0.4, -0.2) is 42.9 Å². The highest BCUT2D eigenvalue weighted by Crippen LogP contribution is 2.47. The van der Waals surface area contributed by atoms with Gasteiger partial charge < -0.3 is 14.6 Å². The van der Waals surface area contributed by atoms with E-state index in [1.807, 2.05) is 62.4 Å². The molecule has 1 fully saturated rings. The van der Waals surface area contributed by atoms with Gasteiger partial charge >= 0.3 is 0 Å². The van der Waals surface area contributed by atoms with Gasteiger partial charge in [0.2, 0.25) is 0 Å². The Kier molecular flexibility index (Phi) is 8.09. The Hall–Kier alpha value is -3.31. The van der Waals surface area contributed by atoms with E-state index in [-0.39, 0.29) is 24.4 Å². The van der Waals surface area contributed by atoms with Gasteiger partial charge in [0.1, 0.15) is 30.0 Å². The molecule has 5 heteroatoms. The van der Waals surface area contributed by atoms with Crippen molar-refractivity contribution in [3.8, 4) is 17.2 Å². The van der Waals surface area contributed by atoms with Gasteiger partial charge in [0.05, 0.1) is 6.67 Å². The molecule has 0 bridgehead atoms. The summed E-state index contributed by atoms with van der Waals surface area (Å²) in [6.07, 6.45) is -0.297.